The van der Waals surface area contributed by atoms with E-state index in [2.05, 4.69) is 15.2 Å². The van der Waals surface area contributed by atoms with Gasteiger partial charge in [-0.1, -0.05) is 6.07 Å². The number of carbonyl (C=O) groups is 1. The molecule has 1 amide bonds. The van der Waals surface area contributed by atoms with Gasteiger partial charge in [0.2, 0.25) is 5.91 Å². The van der Waals surface area contributed by atoms with Crippen molar-refractivity contribution in [3.05, 3.63) is 30.1 Å². The van der Waals surface area contributed by atoms with E-state index in [9.17, 15) is 9.18 Å². The summed E-state index contributed by atoms with van der Waals surface area (Å²) in [6, 6.07) is 6.11. The third-order valence-corrected chi connectivity index (χ3v) is 3.99. The highest BCUT2D eigenvalue weighted by Gasteiger charge is 2.21. The van der Waals surface area contributed by atoms with Gasteiger partial charge in [-0.05, 0) is 26.0 Å². The zero-order chi connectivity index (χ0) is 18.2. The summed E-state index contributed by atoms with van der Waals surface area (Å²) < 4.78 is 18.9. The number of aliphatic imine (C=N–C) groups is 1. The number of rotatable bonds is 5. The number of hydrogen-bond donors (Lipinski definition) is 1. The van der Waals surface area contributed by atoms with Gasteiger partial charge in [0.25, 0.3) is 0 Å². The minimum atomic E-state index is -0.315. The molecular weight excluding hydrogens is 450 g/mol. The third-order valence-electron chi connectivity index (χ3n) is 3.99. The number of piperazine rings is 1. The van der Waals surface area contributed by atoms with Crippen LogP contribution in [0.4, 0.5) is 4.39 Å². The summed E-state index contributed by atoms with van der Waals surface area (Å²) >= 11 is 0. The molecule has 26 heavy (non-hydrogen) atoms. The van der Waals surface area contributed by atoms with Crippen LogP contribution in [0.5, 0.6) is 5.75 Å². The number of amides is 1. The lowest BCUT2D eigenvalue weighted by Crippen LogP contribution is -2.53. The number of nitrogens with zero attached hydrogens (tertiary/aromatic N) is 3. The molecule has 146 valence electrons. The second kappa shape index (κ2) is 11.2. The largest absolute Gasteiger partial charge is 0.489 e. The second-order valence-corrected chi connectivity index (χ2v) is 6.07. The van der Waals surface area contributed by atoms with Crippen molar-refractivity contribution in [2.75, 3.05) is 39.3 Å². The lowest BCUT2D eigenvalue weighted by Gasteiger charge is -2.36. The number of carbonyl (C=O) groups excluding carboxylic acids is 1. The predicted molar refractivity (Wildman–Crippen MR) is 112 cm³/mol. The number of benzene rings is 1. The Balaban J connectivity index is 0.00000338. The monoisotopic (exact) mass is 478 g/mol. The minimum Gasteiger partial charge on any atom is -0.489 e. The minimum absolute atomic E-state index is 0. The van der Waals surface area contributed by atoms with Crippen LogP contribution in [0, 0.1) is 5.82 Å². The molecule has 1 N–H and O–H groups in total. The fourth-order valence-electron chi connectivity index (χ4n) is 2.68. The second-order valence-electron chi connectivity index (χ2n) is 6.07. The molecule has 1 aliphatic rings. The van der Waals surface area contributed by atoms with Gasteiger partial charge in [0.05, 0.1) is 6.54 Å². The van der Waals surface area contributed by atoms with Crippen LogP contribution in [-0.2, 0) is 4.79 Å². The van der Waals surface area contributed by atoms with Crippen LogP contribution in [-0.4, -0.2) is 67.0 Å². The molecule has 6 nitrogen and oxygen atoms in total. The first-order chi connectivity index (χ1) is 12.0. The van der Waals surface area contributed by atoms with Gasteiger partial charge in [-0.3, -0.25) is 4.79 Å². The molecule has 2 rings (SSSR count). The van der Waals surface area contributed by atoms with E-state index in [0.717, 1.165) is 25.6 Å². The van der Waals surface area contributed by atoms with E-state index in [0.29, 0.717) is 25.4 Å². The molecule has 1 aromatic rings. The van der Waals surface area contributed by atoms with Crippen molar-refractivity contribution in [3.63, 3.8) is 0 Å². The van der Waals surface area contributed by atoms with Gasteiger partial charge in [0.15, 0.2) is 5.96 Å². The molecule has 0 aliphatic carbocycles. The molecule has 1 aromatic carbocycles. The quantitative estimate of drug-likeness (QED) is 0.401. The van der Waals surface area contributed by atoms with Crippen molar-refractivity contribution in [1.29, 1.82) is 0 Å². The lowest BCUT2D eigenvalue weighted by molar-refractivity contribution is -0.130. The van der Waals surface area contributed by atoms with Gasteiger partial charge in [-0.25, -0.2) is 9.38 Å². The Labute approximate surface area is 171 Å². The Bertz CT molecular complexity index is 607. The predicted octanol–water partition coefficient (Wildman–Crippen LogP) is 2.34. The van der Waals surface area contributed by atoms with Gasteiger partial charge in [0, 0.05) is 45.7 Å². The molecule has 1 aliphatic heterocycles. The number of ether oxygens (including phenoxy) is 1. The summed E-state index contributed by atoms with van der Waals surface area (Å²) in [5.74, 6) is 1.12. The van der Waals surface area contributed by atoms with Gasteiger partial charge in [-0.2, -0.15) is 0 Å². The highest BCUT2D eigenvalue weighted by molar-refractivity contribution is 14.0. The van der Waals surface area contributed by atoms with Crippen LogP contribution in [0.1, 0.15) is 20.8 Å². The van der Waals surface area contributed by atoms with Gasteiger partial charge in [0.1, 0.15) is 17.7 Å². The first-order valence-corrected chi connectivity index (χ1v) is 8.70. The van der Waals surface area contributed by atoms with Crippen LogP contribution in [0.15, 0.2) is 29.3 Å². The molecule has 0 aromatic heterocycles. The summed E-state index contributed by atoms with van der Waals surface area (Å²) in [5, 5.41) is 3.28. The normalized spacial score (nSPS) is 15.9. The molecule has 0 bridgehead atoms. The van der Waals surface area contributed by atoms with E-state index in [4.69, 9.17) is 4.74 Å². The average Bonchev–Trinajstić information content (AvgIpc) is 2.58. The van der Waals surface area contributed by atoms with E-state index in [1.54, 1.807) is 19.1 Å². The SMILES string of the molecule is CCNC(=NCC(C)Oc1cccc(F)c1)N1CCN(C(C)=O)CC1.I. The summed E-state index contributed by atoms with van der Waals surface area (Å²) in [6.45, 7) is 9.68. The Morgan fingerprint density at radius 3 is 2.54 bits per heavy atom. The number of nitrogens with one attached hydrogen (secondary N) is 1. The molecule has 1 atom stereocenters. The molecule has 8 heteroatoms. The number of hydrogen-bond acceptors (Lipinski definition) is 3. The summed E-state index contributed by atoms with van der Waals surface area (Å²) in [7, 11) is 0. The Hall–Kier alpha value is -1.58. The highest BCUT2D eigenvalue weighted by atomic mass is 127. The maximum atomic E-state index is 13.2. The molecule has 1 fully saturated rings. The molecule has 1 heterocycles. The average molecular weight is 478 g/mol. The summed E-state index contributed by atoms with van der Waals surface area (Å²) in [5.41, 5.74) is 0. The van der Waals surface area contributed by atoms with E-state index in [-0.39, 0.29) is 41.8 Å². The Morgan fingerprint density at radius 2 is 1.96 bits per heavy atom. The van der Waals surface area contributed by atoms with Crippen molar-refractivity contribution in [3.8, 4) is 5.75 Å². The zero-order valence-corrected chi connectivity index (χ0v) is 17.9. The smallest absolute Gasteiger partial charge is 0.219 e. The molecule has 0 radical (unpaired) electrons. The Morgan fingerprint density at radius 1 is 1.31 bits per heavy atom. The topological polar surface area (TPSA) is 57.2 Å². The maximum Gasteiger partial charge on any atom is 0.219 e. The van der Waals surface area contributed by atoms with Crippen LogP contribution in [0.25, 0.3) is 0 Å². The van der Waals surface area contributed by atoms with Crippen LogP contribution >= 0.6 is 24.0 Å². The highest BCUT2D eigenvalue weighted by Crippen LogP contribution is 2.14. The van der Waals surface area contributed by atoms with Crippen LogP contribution in [0.2, 0.25) is 0 Å². The van der Waals surface area contributed by atoms with Crippen molar-refractivity contribution in [2.45, 2.75) is 26.9 Å². The van der Waals surface area contributed by atoms with Gasteiger partial charge < -0.3 is 19.9 Å². The third kappa shape index (κ3) is 6.97. The van der Waals surface area contributed by atoms with E-state index in [1.165, 1.54) is 12.1 Å². The standard InChI is InChI=1S/C18H27FN4O2.HI/c1-4-20-18(23-10-8-22(9-11-23)15(3)24)21-13-14(2)25-17-7-5-6-16(19)12-17;/h5-7,12,14H,4,8-11,13H2,1-3H3,(H,20,21);1H. The van der Waals surface area contributed by atoms with Gasteiger partial charge in [-0.15, -0.1) is 24.0 Å². The van der Waals surface area contributed by atoms with Crippen molar-refractivity contribution < 1.29 is 13.9 Å². The fraction of sp³-hybridized carbons (Fsp3) is 0.556. The molecule has 1 unspecified atom stereocenters. The maximum absolute atomic E-state index is 13.2. The molecule has 0 spiro atoms. The Kier molecular flexibility index (Phi) is 9.68. The fourth-order valence-corrected chi connectivity index (χ4v) is 2.68. The van der Waals surface area contributed by atoms with Crippen molar-refractivity contribution in [1.82, 2.24) is 15.1 Å². The number of guanidine groups is 1. The van der Waals surface area contributed by atoms with E-state index in [1.807, 2.05) is 18.7 Å². The van der Waals surface area contributed by atoms with Crippen molar-refractivity contribution >= 4 is 35.8 Å². The lowest BCUT2D eigenvalue weighted by atomic mass is 10.3. The summed E-state index contributed by atoms with van der Waals surface area (Å²) in [4.78, 5) is 20.1. The number of halogens is 2. The first-order valence-electron chi connectivity index (χ1n) is 8.70. The van der Waals surface area contributed by atoms with E-state index >= 15 is 0 Å². The van der Waals surface area contributed by atoms with Crippen LogP contribution in [0.3, 0.4) is 0 Å². The first kappa shape index (κ1) is 22.5. The molecular formula is C18H28FIN4O2. The van der Waals surface area contributed by atoms with Crippen LogP contribution < -0.4 is 10.1 Å². The van der Waals surface area contributed by atoms with Crippen molar-refractivity contribution in [2.24, 2.45) is 4.99 Å². The van der Waals surface area contributed by atoms with Gasteiger partial charge >= 0.3 is 0 Å². The molecule has 1 saturated heterocycles. The van der Waals surface area contributed by atoms with E-state index < -0.39 is 0 Å². The zero-order valence-electron chi connectivity index (χ0n) is 15.6. The summed E-state index contributed by atoms with van der Waals surface area (Å²) in [6.07, 6.45) is -0.172. The molecule has 0 saturated carbocycles.